The molecule has 1 aliphatic heterocycles. The van der Waals surface area contributed by atoms with Gasteiger partial charge in [-0.2, -0.15) is 0 Å². The van der Waals surface area contributed by atoms with Crippen LogP contribution in [0.4, 0.5) is 0 Å². The smallest absolute Gasteiger partial charge is 0.270 e. The minimum absolute atomic E-state index is 0.235. The van der Waals surface area contributed by atoms with Gasteiger partial charge in [0.05, 0.1) is 11.4 Å². The van der Waals surface area contributed by atoms with Gasteiger partial charge < -0.3 is 25.4 Å². The van der Waals surface area contributed by atoms with Gasteiger partial charge in [0.2, 0.25) is 0 Å². The van der Waals surface area contributed by atoms with Gasteiger partial charge in [-0.25, -0.2) is 4.98 Å². The summed E-state index contributed by atoms with van der Waals surface area (Å²) in [5.74, 6) is -0.449. The highest BCUT2D eigenvalue weighted by Crippen LogP contribution is 2.30. The van der Waals surface area contributed by atoms with Crippen LogP contribution in [0.3, 0.4) is 0 Å². The molecule has 4 N–H and O–H groups in total. The van der Waals surface area contributed by atoms with Gasteiger partial charge in [-0.1, -0.05) is 13.0 Å². The summed E-state index contributed by atoms with van der Waals surface area (Å²) in [4.78, 5) is 16.9. The third-order valence-corrected chi connectivity index (χ3v) is 5.51. The van der Waals surface area contributed by atoms with Crippen LogP contribution < -0.4 is 5.32 Å². The first-order valence-corrected chi connectivity index (χ1v) is 10.2. The Hall–Kier alpha value is -0.900. The Morgan fingerprint density at radius 1 is 1.35 bits per heavy atom. The Kier molecular flexibility index (Phi) is 7.69. The Balaban J connectivity index is 2.20. The number of rotatable bonds is 6. The number of carbonyl (C=O) groups is 1. The first kappa shape index (κ1) is 21.4. The predicted octanol–water partition coefficient (Wildman–Crippen LogP) is 0.540. The van der Waals surface area contributed by atoms with Gasteiger partial charge in [0.25, 0.3) is 5.91 Å². The van der Waals surface area contributed by atoms with E-state index < -0.39 is 47.2 Å². The number of aromatic nitrogens is 1. The standard InChI is InChI=1S/C17H25ClN2O5S/c1-4-9-6-5-7-10(19-9)16(24)20-11(8(2)18)15-13(22)12(21)14(23)17(25-15)26-3/h5-8,11-15,17,21-23H,4H2,1-3H3,(H,20,24). The monoisotopic (exact) mass is 404 g/mol. The van der Waals surface area contributed by atoms with Crippen molar-refractivity contribution in [3.63, 3.8) is 0 Å². The lowest BCUT2D eigenvalue weighted by atomic mass is 9.93. The number of aliphatic hydroxyl groups is 3. The quantitative estimate of drug-likeness (QED) is 0.512. The molecule has 1 aromatic rings. The van der Waals surface area contributed by atoms with E-state index in [2.05, 4.69) is 10.3 Å². The summed E-state index contributed by atoms with van der Waals surface area (Å²) in [5, 5.41) is 32.6. The van der Waals surface area contributed by atoms with E-state index in [-0.39, 0.29) is 5.69 Å². The molecule has 1 fully saturated rings. The van der Waals surface area contributed by atoms with E-state index in [1.165, 1.54) is 11.8 Å². The molecule has 0 saturated carbocycles. The number of nitrogens with one attached hydrogen (secondary N) is 1. The summed E-state index contributed by atoms with van der Waals surface area (Å²) in [5.41, 5.74) is 0.275. The van der Waals surface area contributed by atoms with Crippen molar-refractivity contribution in [1.82, 2.24) is 10.3 Å². The fourth-order valence-corrected chi connectivity index (χ4v) is 3.74. The van der Waals surface area contributed by atoms with Crippen LogP contribution in [0.2, 0.25) is 0 Å². The van der Waals surface area contributed by atoms with Crippen molar-refractivity contribution >= 4 is 29.3 Å². The number of amides is 1. The maximum atomic E-state index is 12.6. The van der Waals surface area contributed by atoms with Crippen LogP contribution in [0.15, 0.2) is 18.2 Å². The molecule has 0 aromatic carbocycles. The third kappa shape index (κ3) is 4.68. The average Bonchev–Trinajstić information content (AvgIpc) is 2.64. The van der Waals surface area contributed by atoms with E-state index >= 15 is 0 Å². The maximum absolute atomic E-state index is 12.6. The average molecular weight is 405 g/mol. The van der Waals surface area contributed by atoms with Crippen LogP contribution in [0.25, 0.3) is 0 Å². The van der Waals surface area contributed by atoms with E-state index in [0.717, 1.165) is 5.69 Å². The second-order valence-corrected chi connectivity index (χ2v) is 7.85. The number of hydrogen-bond acceptors (Lipinski definition) is 7. The van der Waals surface area contributed by atoms with Crippen molar-refractivity contribution in [1.29, 1.82) is 0 Å². The normalized spacial score (nSPS) is 31.3. The summed E-state index contributed by atoms with van der Waals surface area (Å²) in [6.45, 7) is 3.60. The van der Waals surface area contributed by atoms with Gasteiger partial charge >= 0.3 is 0 Å². The van der Waals surface area contributed by atoms with Crippen LogP contribution in [0, 0.1) is 0 Å². The van der Waals surface area contributed by atoms with E-state index in [1.54, 1.807) is 25.3 Å². The molecule has 7 nitrogen and oxygen atoms in total. The largest absolute Gasteiger partial charge is 0.388 e. The second kappa shape index (κ2) is 9.34. The summed E-state index contributed by atoms with van der Waals surface area (Å²) in [7, 11) is 0. The van der Waals surface area contributed by atoms with Crippen molar-refractivity contribution in [2.45, 2.75) is 61.5 Å². The lowest BCUT2D eigenvalue weighted by Gasteiger charge is -2.43. The summed E-state index contributed by atoms with van der Waals surface area (Å²) in [6, 6.07) is 4.37. The molecule has 2 heterocycles. The van der Waals surface area contributed by atoms with Gasteiger partial charge in [0, 0.05) is 5.69 Å². The van der Waals surface area contributed by atoms with E-state index in [0.29, 0.717) is 6.42 Å². The highest BCUT2D eigenvalue weighted by molar-refractivity contribution is 7.99. The maximum Gasteiger partial charge on any atom is 0.270 e. The molecule has 26 heavy (non-hydrogen) atoms. The Morgan fingerprint density at radius 2 is 2.04 bits per heavy atom. The molecule has 0 spiro atoms. The molecular weight excluding hydrogens is 380 g/mol. The third-order valence-electron chi connectivity index (χ3n) is 4.39. The second-order valence-electron chi connectivity index (χ2n) is 6.22. The number of nitrogens with zero attached hydrogens (tertiary/aromatic N) is 1. The molecule has 0 bridgehead atoms. The summed E-state index contributed by atoms with van der Waals surface area (Å²) in [6.07, 6.45) is -2.59. The molecule has 1 aromatic heterocycles. The van der Waals surface area contributed by atoms with Crippen LogP contribution in [0.1, 0.15) is 30.0 Å². The highest BCUT2D eigenvalue weighted by Gasteiger charge is 2.47. The molecular formula is C17H25ClN2O5S. The van der Waals surface area contributed by atoms with Crippen molar-refractivity contribution < 1.29 is 24.9 Å². The van der Waals surface area contributed by atoms with Gasteiger partial charge in [0.15, 0.2) is 0 Å². The van der Waals surface area contributed by atoms with E-state index in [1.807, 2.05) is 13.0 Å². The van der Waals surface area contributed by atoms with Crippen LogP contribution in [-0.2, 0) is 11.2 Å². The number of pyridine rings is 1. The molecule has 146 valence electrons. The van der Waals surface area contributed by atoms with Crippen molar-refractivity contribution in [3.8, 4) is 0 Å². The fourth-order valence-electron chi connectivity index (χ4n) is 2.85. The van der Waals surface area contributed by atoms with Crippen molar-refractivity contribution in [3.05, 3.63) is 29.6 Å². The van der Waals surface area contributed by atoms with Gasteiger partial charge in [0.1, 0.15) is 35.5 Å². The molecule has 7 unspecified atom stereocenters. The number of ether oxygens (including phenoxy) is 1. The van der Waals surface area contributed by atoms with Crippen molar-refractivity contribution in [2.75, 3.05) is 6.26 Å². The topological polar surface area (TPSA) is 112 Å². The van der Waals surface area contributed by atoms with Crippen LogP contribution in [0.5, 0.6) is 0 Å². The molecule has 2 rings (SSSR count). The summed E-state index contributed by atoms with van der Waals surface area (Å²) >= 11 is 7.43. The first-order valence-electron chi connectivity index (χ1n) is 8.43. The van der Waals surface area contributed by atoms with E-state index in [4.69, 9.17) is 16.3 Å². The number of alkyl halides is 1. The van der Waals surface area contributed by atoms with Crippen LogP contribution in [-0.4, -0.2) is 73.7 Å². The lowest BCUT2D eigenvalue weighted by Crippen LogP contribution is -2.64. The van der Waals surface area contributed by atoms with Gasteiger partial charge in [-0.15, -0.1) is 23.4 Å². The minimum atomic E-state index is -1.40. The zero-order chi connectivity index (χ0) is 19.4. The van der Waals surface area contributed by atoms with Gasteiger partial charge in [-0.3, -0.25) is 4.79 Å². The highest BCUT2D eigenvalue weighted by atomic mass is 35.5. The molecule has 0 aliphatic carbocycles. The number of aryl methyl sites for hydroxylation is 1. The molecule has 0 radical (unpaired) electrons. The molecule has 9 heteroatoms. The fraction of sp³-hybridized carbons (Fsp3) is 0.647. The summed E-state index contributed by atoms with van der Waals surface area (Å²) < 4.78 is 5.72. The molecule has 1 amide bonds. The number of hydrogen-bond donors (Lipinski definition) is 4. The Bertz CT molecular complexity index is 619. The number of halogens is 1. The predicted molar refractivity (Wildman–Crippen MR) is 100 cm³/mol. The lowest BCUT2D eigenvalue weighted by molar-refractivity contribution is -0.204. The zero-order valence-electron chi connectivity index (χ0n) is 14.9. The molecule has 7 atom stereocenters. The SMILES string of the molecule is CCc1cccc(C(=O)NC(C(C)Cl)C2OC(SC)C(O)C(O)C2O)n1. The van der Waals surface area contributed by atoms with Gasteiger partial charge in [-0.05, 0) is 31.7 Å². The number of aliphatic hydroxyl groups excluding tert-OH is 3. The first-order chi connectivity index (χ1) is 12.3. The Labute approximate surface area is 162 Å². The van der Waals surface area contributed by atoms with E-state index in [9.17, 15) is 20.1 Å². The number of carbonyl (C=O) groups excluding carboxylic acids is 1. The molecule has 1 aliphatic rings. The minimum Gasteiger partial charge on any atom is -0.388 e. The Morgan fingerprint density at radius 3 is 2.62 bits per heavy atom. The van der Waals surface area contributed by atoms with Crippen molar-refractivity contribution in [2.24, 2.45) is 0 Å². The van der Waals surface area contributed by atoms with Crippen LogP contribution >= 0.6 is 23.4 Å². The molecule has 1 saturated heterocycles. The number of thioether (sulfide) groups is 1. The zero-order valence-corrected chi connectivity index (χ0v) is 16.4.